The van der Waals surface area contributed by atoms with Crippen LogP contribution in [0, 0.1) is 40.2 Å². The van der Waals surface area contributed by atoms with Crippen LogP contribution in [0.1, 0.15) is 17.5 Å². The summed E-state index contributed by atoms with van der Waals surface area (Å²) in [4.78, 5) is 10.2. The van der Waals surface area contributed by atoms with Gasteiger partial charge in [0.2, 0.25) is 0 Å². The first-order valence-electron chi connectivity index (χ1n) is 4.26. The number of nitro groups is 1. The van der Waals surface area contributed by atoms with Gasteiger partial charge in [-0.15, -0.1) is 0 Å². The normalized spacial score (nSPS) is 8.53. The molecule has 0 atom stereocenters. The van der Waals surface area contributed by atoms with Crippen LogP contribution in [-0.2, 0) is 0 Å². The molecule has 4 nitrogen and oxygen atoms in total. The molecule has 0 saturated carbocycles. The Hall–Kier alpha value is -2.33. The Morgan fingerprint density at radius 3 is 2.87 bits per heavy atom. The number of nitrogens with zero attached hydrogens (tertiary/aromatic N) is 2. The van der Waals surface area contributed by atoms with Crippen molar-refractivity contribution in [2.45, 2.75) is 13.3 Å². The molecule has 1 aromatic rings. The summed E-state index contributed by atoms with van der Waals surface area (Å²) in [6, 6.07) is 6.61. The molecule has 74 valence electrons. The Morgan fingerprint density at radius 1 is 1.53 bits per heavy atom. The number of hydrogen-bond donors (Lipinski definition) is 0. The minimum Gasteiger partial charge on any atom is -0.258 e. The molecule has 0 N–H and O–H groups in total. The van der Waals surface area contributed by atoms with E-state index in [1.807, 2.05) is 6.07 Å². The van der Waals surface area contributed by atoms with Gasteiger partial charge < -0.3 is 0 Å². The van der Waals surface area contributed by atoms with Crippen molar-refractivity contribution < 1.29 is 4.92 Å². The van der Waals surface area contributed by atoms with E-state index in [4.69, 9.17) is 5.26 Å². The van der Waals surface area contributed by atoms with E-state index in [1.54, 1.807) is 19.1 Å². The van der Waals surface area contributed by atoms with Gasteiger partial charge in [0.1, 0.15) is 0 Å². The lowest BCUT2D eigenvalue weighted by atomic mass is 10.1. The number of nitro benzene ring substituents is 1. The van der Waals surface area contributed by atoms with Crippen LogP contribution in [0.3, 0.4) is 0 Å². The summed E-state index contributed by atoms with van der Waals surface area (Å²) in [6.45, 7) is 1.65. The van der Waals surface area contributed by atoms with Crippen LogP contribution < -0.4 is 0 Å². The third-order valence-electron chi connectivity index (χ3n) is 1.89. The first-order valence-corrected chi connectivity index (χ1v) is 4.26. The van der Waals surface area contributed by atoms with E-state index >= 15 is 0 Å². The highest BCUT2D eigenvalue weighted by atomic mass is 16.6. The van der Waals surface area contributed by atoms with Gasteiger partial charge in [-0.2, -0.15) is 5.26 Å². The Kier molecular flexibility index (Phi) is 3.43. The molecule has 0 spiro atoms. The zero-order valence-electron chi connectivity index (χ0n) is 8.15. The number of hydrogen-bond acceptors (Lipinski definition) is 3. The van der Waals surface area contributed by atoms with Gasteiger partial charge in [0.05, 0.1) is 17.4 Å². The lowest BCUT2D eigenvalue weighted by molar-refractivity contribution is -0.385. The molecule has 1 aromatic carbocycles. The van der Waals surface area contributed by atoms with Gasteiger partial charge in [0.25, 0.3) is 5.69 Å². The van der Waals surface area contributed by atoms with Gasteiger partial charge in [0, 0.05) is 17.2 Å². The van der Waals surface area contributed by atoms with Gasteiger partial charge in [0.15, 0.2) is 0 Å². The third-order valence-corrected chi connectivity index (χ3v) is 1.89. The maximum atomic E-state index is 10.6. The van der Waals surface area contributed by atoms with Crippen LogP contribution in [0.4, 0.5) is 5.69 Å². The van der Waals surface area contributed by atoms with Crippen LogP contribution in [0.15, 0.2) is 18.2 Å². The van der Waals surface area contributed by atoms with Gasteiger partial charge in [-0.05, 0) is 13.0 Å². The molecule has 0 amide bonds. The van der Waals surface area contributed by atoms with Crippen molar-refractivity contribution >= 4 is 5.69 Å². The molecule has 0 bridgehead atoms. The van der Waals surface area contributed by atoms with E-state index in [9.17, 15) is 10.1 Å². The van der Waals surface area contributed by atoms with Crippen LogP contribution in [0.5, 0.6) is 0 Å². The molecule has 0 aliphatic heterocycles. The number of benzene rings is 1. The van der Waals surface area contributed by atoms with E-state index < -0.39 is 4.92 Å². The highest BCUT2D eigenvalue weighted by Gasteiger charge is 2.11. The Balaban J connectivity index is 3.13. The predicted octanol–water partition coefficient (Wildman–Crippen LogP) is 2.17. The molecule has 0 fully saturated rings. The minimum absolute atomic E-state index is 0.0544. The van der Waals surface area contributed by atoms with E-state index in [-0.39, 0.29) is 12.1 Å². The van der Waals surface area contributed by atoms with Gasteiger partial charge in [-0.1, -0.05) is 17.9 Å². The second kappa shape index (κ2) is 4.78. The lowest BCUT2D eigenvalue weighted by Gasteiger charge is -1.98. The van der Waals surface area contributed by atoms with Crippen molar-refractivity contribution in [3.63, 3.8) is 0 Å². The molecule has 0 aliphatic carbocycles. The highest BCUT2D eigenvalue weighted by molar-refractivity contribution is 5.51. The third kappa shape index (κ3) is 2.55. The zero-order valence-corrected chi connectivity index (χ0v) is 8.15. The molecular formula is C11H8N2O2. The van der Waals surface area contributed by atoms with Crippen molar-refractivity contribution in [2.24, 2.45) is 0 Å². The SMILES string of the molecule is Cc1c(C#CCC#N)cccc1[N+](=O)[O-]. The molecule has 0 unspecified atom stereocenters. The summed E-state index contributed by atoms with van der Waals surface area (Å²) in [5.74, 6) is 5.36. The largest absolute Gasteiger partial charge is 0.273 e. The fraction of sp³-hybridized carbons (Fsp3) is 0.182. The second-order valence-corrected chi connectivity index (χ2v) is 2.84. The Morgan fingerprint density at radius 2 is 2.27 bits per heavy atom. The quantitative estimate of drug-likeness (QED) is 0.396. The molecule has 1 rings (SSSR count). The molecule has 0 radical (unpaired) electrons. The average molecular weight is 200 g/mol. The zero-order chi connectivity index (χ0) is 11.3. The average Bonchev–Trinajstić information content (AvgIpc) is 2.20. The van der Waals surface area contributed by atoms with Crippen molar-refractivity contribution in [1.29, 1.82) is 5.26 Å². The van der Waals surface area contributed by atoms with Crippen molar-refractivity contribution in [3.8, 4) is 17.9 Å². The predicted molar refractivity (Wildman–Crippen MR) is 54.9 cm³/mol. The van der Waals surface area contributed by atoms with Gasteiger partial charge >= 0.3 is 0 Å². The molecular weight excluding hydrogens is 192 g/mol. The first kappa shape index (κ1) is 10.7. The molecule has 4 heteroatoms. The maximum absolute atomic E-state index is 10.6. The molecule has 0 heterocycles. The number of nitriles is 1. The minimum atomic E-state index is -0.440. The summed E-state index contributed by atoms with van der Waals surface area (Å²) in [5.41, 5.74) is 1.19. The second-order valence-electron chi connectivity index (χ2n) is 2.84. The summed E-state index contributed by atoms with van der Waals surface area (Å²) < 4.78 is 0. The summed E-state index contributed by atoms with van der Waals surface area (Å²) in [6.07, 6.45) is 0.127. The lowest BCUT2D eigenvalue weighted by Crippen LogP contribution is -1.93. The highest BCUT2D eigenvalue weighted by Crippen LogP contribution is 2.20. The van der Waals surface area contributed by atoms with Crippen molar-refractivity contribution in [1.82, 2.24) is 0 Å². The van der Waals surface area contributed by atoms with E-state index in [2.05, 4.69) is 11.8 Å². The van der Waals surface area contributed by atoms with Gasteiger partial charge in [-0.3, -0.25) is 10.1 Å². The summed E-state index contributed by atoms with van der Waals surface area (Å²) in [7, 11) is 0. The Bertz CT molecular complexity index is 490. The van der Waals surface area contributed by atoms with Crippen molar-refractivity contribution in [2.75, 3.05) is 0 Å². The van der Waals surface area contributed by atoms with Crippen LogP contribution >= 0.6 is 0 Å². The van der Waals surface area contributed by atoms with Gasteiger partial charge in [-0.25, -0.2) is 0 Å². The fourth-order valence-corrected chi connectivity index (χ4v) is 1.14. The first-order chi connectivity index (χ1) is 7.16. The van der Waals surface area contributed by atoms with Crippen LogP contribution in [0.25, 0.3) is 0 Å². The van der Waals surface area contributed by atoms with E-state index in [0.717, 1.165) is 0 Å². The monoisotopic (exact) mass is 200 g/mol. The number of rotatable bonds is 1. The van der Waals surface area contributed by atoms with Crippen molar-refractivity contribution in [3.05, 3.63) is 39.4 Å². The standard InChI is InChI=1S/C11H8N2O2/c1-9-10(5-2-3-8-12)6-4-7-11(9)13(14)15/h4,6-7H,3H2,1H3. The Labute approximate surface area is 87.3 Å². The summed E-state index contributed by atoms with van der Waals surface area (Å²) in [5, 5.41) is 18.9. The van der Waals surface area contributed by atoms with E-state index in [1.165, 1.54) is 6.07 Å². The topological polar surface area (TPSA) is 66.9 Å². The van der Waals surface area contributed by atoms with Crippen LogP contribution in [0.2, 0.25) is 0 Å². The van der Waals surface area contributed by atoms with E-state index in [0.29, 0.717) is 11.1 Å². The summed E-state index contributed by atoms with van der Waals surface area (Å²) >= 11 is 0. The maximum Gasteiger partial charge on any atom is 0.273 e. The molecule has 0 saturated heterocycles. The fourth-order valence-electron chi connectivity index (χ4n) is 1.14. The molecule has 15 heavy (non-hydrogen) atoms. The smallest absolute Gasteiger partial charge is 0.258 e. The molecule has 0 aromatic heterocycles. The molecule has 0 aliphatic rings. The van der Waals surface area contributed by atoms with Crippen LogP contribution in [-0.4, -0.2) is 4.92 Å².